The number of carboxylic acids is 1. The molecule has 1 aliphatic rings. The standard InChI is InChI=1S/C22H18ClNO5S/c23-16-7-3-1-5-14(16)20(21(26)27)24-10-9-18-13(12-24)11-19(30-18)29-22(28)15-6-2-4-8-17(15)25/h1-8,11,20,25H,9-10,12H2,(H,26,27). The third-order valence-electron chi connectivity index (χ3n) is 4.99. The number of aromatic hydroxyl groups is 1. The maximum absolute atomic E-state index is 12.4. The number of hydrogen-bond acceptors (Lipinski definition) is 6. The summed E-state index contributed by atoms with van der Waals surface area (Å²) in [6, 6.07) is 14.0. The molecule has 0 amide bonds. The molecule has 0 bridgehead atoms. The van der Waals surface area contributed by atoms with E-state index in [4.69, 9.17) is 16.3 Å². The van der Waals surface area contributed by atoms with E-state index in [1.165, 1.54) is 23.5 Å². The number of carbonyl (C=O) groups excluding carboxylic acids is 1. The highest BCUT2D eigenvalue weighted by molar-refractivity contribution is 7.14. The Bertz CT molecular complexity index is 1110. The molecule has 1 unspecified atom stereocenters. The second kappa shape index (κ2) is 8.47. The van der Waals surface area contributed by atoms with Gasteiger partial charge in [-0.05, 0) is 41.8 Å². The zero-order valence-electron chi connectivity index (χ0n) is 15.7. The highest BCUT2D eigenvalue weighted by atomic mass is 35.5. The molecule has 1 atom stereocenters. The quantitative estimate of drug-likeness (QED) is 0.564. The summed E-state index contributed by atoms with van der Waals surface area (Å²) in [5, 5.41) is 20.5. The summed E-state index contributed by atoms with van der Waals surface area (Å²) in [7, 11) is 0. The lowest BCUT2D eigenvalue weighted by Gasteiger charge is -2.32. The van der Waals surface area contributed by atoms with Gasteiger partial charge in [-0.25, -0.2) is 4.79 Å². The van der Waals surface area contributed by atoms with Crippen molar-refractivity contribution in [3.05, 3.63) is 81.2 Å². The van der Waals surface area contributed by atoms with Crippen LogP contribution in [0, 0.1) is 0 Å². The highest BCUT2D eigenvalue weighted by Gasteiger charge is 2.32. The van der Waals surface area contributed by atoms with Crippen LogP contribution in [0.3, 0.4) is 0 Å². The van der Waals surface area contributed by atoms with Crippen molar-refractivity contribution < 1.29 is 24.5 Å². The molecule has 1 aromatic heterocycles. The predicted octanol–water partition coefficient (Wildman–Crippen LogP) is 4.51. The summed E-state index contributed by atoms with van der Waals surface area (Å²) in [6.07, 6.45) is 0.641. The van der Waals surface area contributed by atoms with Crippen molar-refractivity contribution >= 4 is 34.9 Å². The maximum Gasteiger partial charge on any atom is 0.348 e. The molecular formula is C22H18ClNO5S. The molecule has 0 spiro atoms. The fourth-order valence-corrected chi connectivity index (χ4v) is 4.82. The molecule has 4 rings (SSSR count). The Morgan fingerprint density at radius 1 is 1.13 bits per heavy atom. The monoisotopic (exact) mass is 443 g/mol. The zero-order chi connectivity index (χ0) is 21.3. The summed E-state index contributed by atoms with van der Waals surface area (Å²) in [5.74, 6) is -1.74. The van der Waals surface area contributed by atoms with E-state index in [-0.39, 0.29) is 11.3 Å². The van der Waals surface area contributed by atoms with Crippen molar-refractivity contribution in [1.82, 2.24) is 4.90 Å². The molecule has 0 aliphatic carbocycles. The van der Waals surface area contributed by atoms with Crippen LogP contribution in [0.4, 0.5) is 0 Å². The Labute approximate surface area is 181 Å². The molecule has 2 N–H and O–H groups in total. The lowest BCUT2D eigenvalue weighted by Crippen LogP contribution is -2.37. The number of halogens is 1. The molecule has 6 nitrogen and oxygen atoms in total. The van der Waals surface area contributed by atoms with Crippen LogP contribution in [0.15, 0.2) is 54.6 Å². The number of hydrogen-bond donors (Lipinski definition) is 2. The van der Waals surface area contributed by atoms with Crippen LogP contribution in [-0.2, 0) is 17.8 Å². The van der Waals surface area contributed by atoms with Gasteiger partial charge in [0.05, 0.1) is 0 Å². The molecule has 2 heterocycles. The maximum atomic E-state index is 12.4. The molecule has 3 aromatic rings. The van der Waals surface area contributed by atoms with E-state index in [1.54, 1.807) is 42.5 Å². The number of benzene rings is 2. The van der Waals surface area contributed by atoms with Crippen molar-refractivity contribution in [2.75, 3.05) is 6.54 Å². The number of nitrogens with zero attached hydrogens (tertiary/aromatic N) is 1. The lowest BCUT2D eigenvalue weighted by atomic mass is 10.0. The molecule has 154 valence electrons. The van der Waals surface area contributed by atoms with Crippen LogP contribution >= 0.6 is 22.9 Å². The first-order valence-corrected chi connectivity index (χ1v) is 10.5. The summed E-state index contributed by atoms with van der Waals surface area (Å²) >= 11 is 7.61. The molecule has 0 fully saturated rings. The van der Waals surface area contributed by atoms with Gasteiger partial charge in [0.1, 0.15) is 17.4 Å². The Morgan fingerprint density at radius 3 is 2.60 bits per heavy atom. The first-order valence-electron chi connectivity index (χ1n) is 9.27. The van der Waals surface area contributed by atoms with E-state index in [2.05, 4.69) is 0 Å². The smallest absolute Gasteiger partial charge is 0.348 e. The van der Waals surface area contributed by atoms with Gasteiger partial charge in [-0.2, -0.15) is 0 Å². The Morgan fingerprint density at radius 2 is 1.87 bits per heavy atom. The number of rotatable bonds is 5. The van der Waals surface area contributed by atoms with E-state index in [1.807, 2.05) is 4.90 Å². The summed E-state index contributed by atoms with van der Waals surface area (Å²) in [6.45, 7) is 0.949. The number of phenols is 1. The minimum absolute atomic E-state index is 0.0927. The van der Waals surface area contributed by atoms with Gasteiger partial charge >= 0.3 is 11.9 Å². The number of thiophene rings is 1. The average Bonchev–Trinajstić information content (AvgIpc) is 3.11. The number of phenolic OH excluding ortho intramolecular Hbond substituents is 1. The van der Waals surface area contributed by atoms with Crippen LogP contribution in [0.5, 0.6) is 10.8 Å². The molecule has 0 saturated carbocycles. The first-order chi connectivity index (χ1) is 14.4. The Balaban J connectivity index is 1.54. The lowest BCUT2D eigenvalue weighted by molar-refractivity contribution is -0.144. The number of carboxylic acid groups (broad SMARTS) is 1. The van der Waals surface area contributed by atoms with Gasteiger partial charge in [0.15, 0.2) is 5.06 Å². The van der Waals surface area contributed by atoms with Crippen LogP contribution < -0.4 is 4.74 Å². The number of fused-ring (bicyclic) bond motifs is 1. The molecule has 0 saturated heterocycles. The number of carbonyl (C=O) groups is 2. The van der Waals surface area contributed by atoms with Crippen molar-refractivity contribution in [2.24, 2.45) is 0 Å². The fourth-order valence-electron chi connectivity index (χ4n) is 3.57. The zero-order valence-corrected chi connectivity index (χ0v) is 17.3. The van der Waals surface area contributed by atoms with E-state index < -0.39 is 18.0 Å². The topological polar surface area (TPSA) is 87.1 Å². The molecule has 30 heavy (non-hydrogen) atoms. The normalized spacial score (nSPS) is 14.7. The van der Waals surface area contributed by atoms with Gasteiger partial charge < -0.3 is 14.9 Å². The average molecular weight is 444 g/mol. The van der Waals surface area contributed by atoms with E-state index in [0.717, 1.165) is 10.4 Å². The largest absolute Gasteiger partial charge is 0.507 e. The first kappa shape index (κ1) is 20.4. The molecule has 2 aromatic carbocycles. The third-order valence-corrected chi connectivity index (χ3v) is 6.45. The van der Waals surface area contributed by atoms with Gasteiger partial charge in [-0.1, -0.05) is 41.9 Å². The summed E-state index contributed by atoms with van der Waals surface area (Å²) in [5.41, 5.74) is 1.57. The van der Waals surface area contributed by atoms with E-state index in [0.29, 0.717) is 35.2 Å². The Hall–Kier alpha value is -2.87. The number of para-hydroxylation sites is 1. The molecule has 1 aliphatic heterocycles. The second-order valence-corrected chi connectivity index (χ2v) is 8.41. The van der Waals surface area contributed by atoms with Crippen molar-refractivity contribution in [2.45, 2.75) is 19.0 Å². The number of esters is 1. The van der Waals surface area contributed by atoms with Crippen LogP contribution in [0.25, 0.3) is 0 Å². The highest BCUT2D eigenvalue weighted by Crippen LogP contribution is 2.37. The summed E-state index contributed by atoms with van der Waals surface area (Å²) in [4.78, 5) is 27.3. The van der Waals surface area contributed by atoms with Crippen LogP contribution in [0.1, 0.15) is 32.4 Å². The van der Waals surface area contributed by atoms with Gasteiger partial charge in [0.25, 0.3) is 0 Å². The van der Waals surface area contributed by atoms with Gasteiger partial charge in [0.2, 0.25) is 0 Å². The van der Waals surface area contributed by atoms with E-state index >= 15 is 0 Å². The second-order valence-electron chi connectivity index (χ2n) is 6.90. The van der Waals surface area contributed by atoms with Crippen molar-refractivity contribution in [3.8, 4) is 10.8 Å². The van der Waals surface area contributed by atoms with Crippen LogP contribution in [0.2, 0.25) is 5.02 Å². The van der Waals surface area contributed by atoms with E-state index in [9.17, 15) is 19.8 Å². The molecule has 0 radical (unpaired) electrons. The Kier molecular flexibility index (Phi) is 5.76. The third kappa shape index (κ3) is 4.05. The predicted molar refractivity (Wildman–Crippen MR) is 113 cm³/mol. The van der Waals surface area contributed by atoms with Gasteiger partial charge in [-0.3, -0.25) is 9.69 Å². The number of aliphatic carboxylic acids is 1. The summed E-state index contributed by atoms with van der Waals surface area (Å²) < 4.78 is 5.44. The molecular weight excluding hydrogens is 426 g/mol. The van der Waals surface area contributed by atoms with Crippen molar-refractivity contribution in [3.63, 3.8) is 0 Å². The number of ether oxygens (including phenoxy) is 1. The van der Waals surface area contributed by atoms with Crippen molar-refractivity contribution in [1.29, 1.82) is 0 Å². The van der Waals surface area contributed by atoms with Gasteiger partial charge in [0, 0.05) is 23.0 Å². The minimum atomic E-state index is -0.965. The van der Waals surface area contributed by atoms with Gasteiger partial charge in [-0.15, -0.1) is 11.3 Å². The molecule has 8 heteroatoms. The minimum Gasteiger partial charge on any atom is -0.507 e. The van der Waals surface area contributed by atoms with Crippen LogP contribution in [-0.4, -0.2) is 33.6 Å². The SMILES string of the molecule is O=C(Oc1cc2c(s1)CCN(C(C(=O)O)c1ccccc1Cl)C2)c1ccccc1O. The fraction of sp³-hybridized carbons (Fsp3) is 0.182.